The third kappa shape index (κ3) is 2.89. The molecule has 1 aliphatic rings. The number of halogens is 1. The Morgan fingerprint density at radius 2 is 2.22 bits per heavy atom. The molecule has 3 N–H and O–H groups in total. The van der Waals surface area contributed by atoms with Gasteiger partial charge in [0.05, 0.1) is 12.6 Å². The summed E-state index contributed by atoms with van der Waals surface area (Å²) in [5.41, 5.74) is 5.88. The number of piperidine rings is 1. The fourth-order valence-electron chi connectivity index (χ4n) is 3.15. The minimum atomic E-state index is -1.31. The predicted octanol–water partition coefficient (Wildman–Crippen LogP) is 1.78. The smallest absolute Gasteiger partial charge is 0.142 e. The maximum absolute atomic E-state index is 14.0. The molecule has 2 heterocycles. The lowest BCUT2D eigenvalue weighted by Crippen LogP contribution is -2.55. The van der Waals surface area contributed by atoms with Gasteiger partial charge in [0, 0.05) is 36.3 Å². The molecule has 3 atom stereocenters. The van der Waals surface area contributed by atoms with Crippen LogP contribution in [-0.2, 0) is 5.72 Å². The third-order valence-electron chi connectivity index (χ3n) is 4.67. The highest BCUT2D eigenvalue weighted by molar-refractivity contribution is 5.84. The number of likely N-dealkylation sites (tertiary alicyclic amines) is 1. The molecular weight excluding hydrogens is 297 g/mol. The molecule has 0 radical (unpaired) electrons. The summed E-state index contributed by atoms with van der Waals surface area (Å²) in [7, 11) is 1.59. The average molecular weight is 319 g/mol. The van der Waals surface area contributed by atoms with Crippen molar-refractivity contribution in [1.82, 2.24) is 9.88 Å². The van der Waals surface area contributed by atoms with Crippen LogP contribution in [0.5, 0.6) is 5.75 Å². The van der Waals surface area contributed by atoms with Gasteiger partial charge in [-0.3, -0.25) is 9.88 Å². The number of hydrogen-bond acceptors (Lipinski definition) is 5. The molecule has 6 heteroatoms. The van der Waals surface area contributed by atoms with Crippen molar-refractivity contribution in [3.8, 4) is 5.75 Å². The Morgan fingerprint density at radius 3 is 2.91 bits per heavy atom. The van der Waals surface area contributed by atoms with E-state index >= 15 is 0 Å². The lowest BCUT2D eigenvalue weighted by molar-refractivity contribution is -0.121. The molecule has 0 amide bonds. The van der Waals surface area contributed by atoms with Crippen LogP contribution in [0.25, 0.3) is 10.9 Å². The second kappa shape index (κ2) is 6.03. The molecule has 0 bridgehead atoms. The quantitative estimate of drug-likeness (QED) is 0.902. The van der Waals surface area contributed by atoms with Crippen molar-refractivity contribution in [3.63, 3.8) is 0 Å². The van der Waals surface area contributed by atoms with E-state index in [1.807, 2.05) is 18.2 Å². The Bertz CT molecular complexity index is 707. The highest BCUT2D eigenvalue weighted by Gasteiger charge is 2.38. The summed E-state index contributed by atoms with van der Waals surface area (Å²) in [5.74, 6) is 0.687. The van der Waals surface area contributed by atoms with Crippen LogP contribution in [0.3, 0.4) is 0 Å². The Kier molecular flexibility index (Phi) is 4.23. The number of nitrogens with two attached hydrogens (primary N) is 1. The van der Waals surface area contributed by atoms with Gasteiger partial charge in [-0.05, 0) is 37.6 Å². The highest BCUT2D eigenvalue weighted by Crippen LogP contribution is 2.34. The molecule has 3 rings (SSSR count). The van der Waals surface area contributed by atoms with Crippen LogP contribution in [-0.4, -0.2) is 47.4 Å². The lowest BCUT2D eigenvalue weighted by Gasteiger charge is -2.42. The number of methoxy groups -OCH3 is 1. The first-order valence-electron chi connectivity index (χ1n) is 7.74. The number of alkyl halides is 1. The van der Waals surface area contributed by atoms with Crippen LogP contribution in [0.2, 0.25) is 0 Å². The van der Waals surface area contributed by atoms with E-state index in [0.717, 1.165) is 10.9 Å². The van der Waals surface area contributed by atoms with Gasteiger partial charge in [0.15, 0.2) is 0 Å². The Hall–Kier alpha value is -1.76. The molecule has 5 nitrogen and oxygen atoms in total. The molecule has 2 aromatic rings. The van der Waals surface area contributed by atoms with E-state index in [1.165, 1.54) is 0 Å². The van der Waals surface area contributed by atoms with E-state index in [9.17, 15) is 9.50 Å². The van der Waals surface area contributed by atoms with Crippen LogP contribution in [0.15, 0.2) is 30.5 Å². The van der Waals surface area contributed by atoms with Gasteiger partial charge in [-0.15, -0.1) is 0 Å². The van der Waals surface area contributed by atoms with Crippen LogP contribution in [0, 0.1) is 0 Å². The largest absolute Gasteiger partial charge is 0.497 e. The number of hydrogen-bond donors (Lipinski definition) is 2. The monoisotopic (exact) mass is 319 g/mol. The van der Waals surface area contributed by atoms with Crippen molar-refractivity contribution in [2.75, 3.05) is 20.2 Å². The van der Waals surface area contributed by atoms with Gasteiger partial charge in [0.2, 0.25) is 0 Å². The number of benzene rings is 1. The Balaban J connectivity index is 2.03. The molecule has 1 aromatic heterocycles. The number of aromatic nitrogens is 1. The molecule has 23 heavy (non-hydrogen) atoms. The summed E-state index contributed by atoms with van der Waals surface area (Å²) in [6, 6.07) is 6.82. The third-order valence-corrected chi connectivity index (χ3v) is 4.67. The van der Waals surface area contributed by atoms with Gasteiger partial charge < -0.3 is 15.6 Å². The first-order valence-corrected chi connectivity index (χ1v) is 7.74. The zero-order valence-electron chi connectivity index (χ0n) is 13.4. The van der Waals surface area contributed by atoms with Crippen molar-refractivity contribution in [2.45, 2.75) is 31.3 Å². The van der Waals surface area contributed by atoms with Crippen molar-refractivity contribution >= 4 is 10.9 Å². The molecule has 1 aromatic carbocycles. The average Bonchev–Trinajstić information content (AvgIpc) is 2.56. The molecule has 2 unspecified atom stereocenters. The van der Waals surface area contributed by atoms with Crippen molar-refractivity contribution in [1.29, 1.82) is 0 Å². The summed E-state index contributed by atoms with van der Waals surface area (Å²) in [5, 5.41) is 11.9. The number of rotatable bonds is 3. The van der Waals surface area contributed by atoms with E-state index in [-0.39, 0.29) is 6.54 Å². The van der Waals surface area contributed by atoms with Crippen LogP contribution in [0.1, 0.15) is 18.9 Å². The summed E-state index contributed by atoms with van der Waals surface area (Å²) in [6.07, 6.45) is 1.03. The maximum atomic E-state index is 14.0. The lowest BCUT2D eigenvalue weighted by atomic mass is 9.94. The number of aliphatic hydroxyl groups is 1. The summed E-state index contributed by atoms with van der Waals surface area (Å²) < 4.78 is 19.3. The number of nitrogens with zero attached hydrogens (tertiary/aromatic N) is 2. The first-order chi connectivity index (χ1) is 10.9. The van der Waals surface area contributed by atoms with Crippen LogP contribution in [0.4, 0.5) is 4.39 Å². The van der Waals surface area contributed by atoms with Crippen molar-refractivity contribution in [3.05, 3.63) is 36.0 Å². The molecule has 1 aliphatic heterocycles. The zero-order chi connectivity index (χ0) is 16.6. The summed E-state index contributed by atoms with van der Waals surface area (Å²) in [4.78, 5) is 6.06. The summed E-state index contributed by atoms with van der Waals surface area (Å²) >= 11 is 0. The second-order valence-electron chi connectivity index (χ2n) is 6.18. The topological polar surface area (TPSA) is 71.6 Å². The normalized spacial score (nSPS) is 25.3. The predicted molar refractivity (Wildman–Crippen MR) is 86.9 cm³/mol. The van der Waals surface area contributed by atoms with Crippen molar-refractivity contribution < 1.29 is 14.2 Å². The number of ether oxygens (including phenoxy) is 1. The molecular formula is C17H22FN3O2. The van der Waals surface area contributed by atoms with Gasteiger partial charge in [-0.1, -0.05) is 0 Å². The van der Waals surface area contributed by atoms with Gasteiger partial charge in [-0.25, -0.2) is 4.39 Å². The minimum Gasteiger partial charge on any atom is -0.497 e. The zero-order valence-corrected chi connectivity index (χ0v) is 13.4. The van der Waals surface area contributed by atoms with E-state index < -0.39 is 17.9 Å². The highest BCUT2D eigenvalue weighted by atomic mass is 19.1. The van der Waals surface area contributed by atoms with Gasteiger partial charge in [0.25, 0.3) is 0 Å². The fraction of sp³-hybridized carbons (Fsp3) is 0.471. The Morgan fingerprint density at radius 1 is 1.43 bits per heavy atom. The molecule has 1 fully saturated rings. The fourth-order valence-corrected chi connectivity index (χ4v) is 3.15. The summed E-state index contributed by atoms with van der Waals surface area (Å²) in [6.45, 7) is 2.34. The van der Waals surface area contributed by atoms with E-state index in [0.29, 0.717) is 24.3 Å². The Labute approximate surface area is 134 Å². The van der Waals surface area contributed by atoms with E-state index in [2.05, 4.69) is 4.98 Å². The molecule has 1 saturated heterocycles. The molecule has 0 spiro atoms. The SMILES string of the molecule is COc1ccc2nccc([C@@](C)(O)N3CCC(N)C(F)C3)c2c1. The van der Waals surface area contributed by atoms with Crippen LogP contribution >= 0.6 is 0 Å². The minimum absolute atomic E-state index is 0.113. The molecule has 0 saturated carbocycles. The maximum Gasteiger partial charge on any atom is 0.142 e. The number of pyridine rings is 1. The van der Waals surface area contributed by atoms with Crippen LogP contribution < -0.4 is 10.5 Å². The van der Waals surface area contributed by atoms with E-state index in [4.69, 9.17) is 10.5 Å². The first kappa shape index (κ1) is 16.1. The van der Waals surface area contributed by atoms with Gasteiger partial charge in [0.1, 0.15) is 17.6 Å². The van der Waals surface area contributed by atoms with Crippen molar-refractivity contribution in [2.24, 2.45) is 5.73 Å². The molecule has 0 aliphatic carbocycles. The van der Waals surface area contributed by atoms with Gasteiger partial charge >= 0.3 is 0 Å². The second-order valence-corrected chi connectivity index (χ2v) is 6.18. The standard InChI is InChI=1S/C17H22FN3O2/c1-17(22,21-8-6-15(19)14(18)10-21)13-5-7-20-16-4-3-11(23-2)9-12(13)16/h3-5,7,9,14-15,22H,6,8,10,19H2,1-2H3/t14?,15?,17-/m1/s1. The van der Waals surface area contributed by atoms with E-state index in [1.54, 1.807) is 31.2 Å². The van der Waals surface area contributed by atoms with Gasteiger partial charge in [-0.2, -0.15) is 0 Å². The molecule has 124 valence electrons. The number of fused-ring (bicyclic) bond motifs is 1.